The average Bonchev–Trinajstić information content (AvgIpc) is 3.68. The highest BCUT2D eigenvalue weighted by Crippen LogP contribution is 2.33. The molecule has 2 N–H and O–H groups in total. The summed E-state index contributed by atoms with van der Waals surface area (Å²) in [5.74, 6) is 2.07. The zero-order chi connectivity index (χ0) is 26.8. The minimum atomic E-state index is -0.00310. The summed E-state index contributed by atoms with van der Waals surface area (Å²) in [7, 11) is 0. The zero-order valence-corrected chi connectivity index (χ0v) is 23.8. The summed E-state index contributed by atoms with van der Waals surface area (Å²) in [6, 6.07) is 8.67. The third kappa shape index (κ3) is 5.54. The number of H-pyrrole nitrogens is 1. The van der Waals surface area contributed by atoms with Gasteiger partial charge in [-0.3, -0.25) is 9.36 Å². The second-order valence-corrected chi connectivity index (χ2v) is 11.6. The summed E-state index contributed by atoms with van der Waals surface area (Å²) < 4.78 is 2.49. The van der Waals surface area contributed by atoms with E-state index in [9.17, 15) is 4.79 Å². The van der Waals surface area contributed by atoms with Gasteiger partial charge in [-0.15, -0.1) is 10.2 Å². The van der Waals surface area contributed by atoms with Crippen LogP contribution in [-0.2, 0) is 6.42 Å². The maximum absolute atomic E-state index is 13.2. The summed E-state index contributed by atoms with van der Waals surface area (Å²) in [5, 5.41) is 18.5. The molecule has 2 aliphatic rings. The summed E-state index contributed by atoms with van der Waals surface area (Å²) in [6.07, 6.45) is 11.8. The molecular weight excluding hydrogens is 558 g/mol. The van der Waals surface area contributed by atoms with Crippen LogP contribution in [0.1, 0.15) is 68.8 Å². The lowest BCUT2D eigenvalue weighted by Crippen LogP contribution is -2.33. The van der Waals surface area contributed by atoms with E-state index in [1.54, 1.807) is 0 Å². The number of rotatable bonds is 8. The molecule has 10 nitrogen and oxygen atoms in total. The van der Waals surface area contributed by atoms with Gasteiger partial charge in [0, 0.05) is 48.5 Å². The second kappa shape index (κ2) is 11.4. The molecule has 6 rings (SSSR count). The van der Waals surface area contributed by atoms with Gasteiger partial charge in [-0.25, -0.2) is 4.98 Å². The van der Waals surface area contributed by atoms with Crippen LogP contribution in [0.4, 0.5) is 17.3 Å². The summed E-state index contributed by atoms with van der Waals surface area (Å²) in [6.45, 7) is 4.09. The molecule has 0 bridgehead atoms. The SMILES string of the molecule is Cc1c(Br)c(=O)n(C2CCCC2)c2nc(Nc3ccc(N4CCC(CCCc5nn[nH]n5)CC4)cc3)ncc12. The third-order valence-electron chi connectivity index (χ3n) is 8.33. The number of aromatic amines is 1. The Labute approximate surface area is 235 Å². The van der Waals surface area contributed by atoms with Crippen LogP contribution >= 0.6 is 15.9 Å². The van der Waals surface area contributed by atoms with Gasteiger partial charge in [0.1, 0.15) is 5.65 Å². The monoisotopic (exact) mass is 591 g/mol. The first-order chi connectivity index (χ1) is 19.1. The molecule has 0 amide bonds. The molecular formula is C28H34BrN9O. The smallest absolute Gasteiger partial charge is 0.267 e. The summed E-state index contributed by atoms with van der Waals surface area (Å²) >= 11 is 3.52. The highest BCUT2D eigenvalue weighted by Gasteiger charge is 2.24. The number of nitrogens with zero attached hydrogens (tertiary/aromatic N) is 7. The Morgan fingerprint density at radius 3 is 2.59 bits per heavy atom. The first-order valence-corrected chi connectivity index (χ1v) is 14.8. The van der Waals surface area contributed by atoms with Crippen molar-refractivity contribution in [1.82, 2.24) is 35.2 Å². The predicted octanol–water partition coefficient (Wildman–Crippen LogP) is 5.47. The highest BCUT2D eigenvalue weighted by atomic mass is 79.9. The largest absolute Gasteiger partial charge is 0.372 e. The molecule has 0 unspecified atom stereocenters. The molecule has 204 valence electrons. The Kier molecular flexibility index (Phi) is 7.58. The van der Waals surface area contributed by atoms with Crippen molar-refractivity contribution in [3.05, 3.63) is 56.7 Å². The molecule has 39 heavy (non-hydrogen) atoms. The Morgan fingerprint density at radius 2 is 1.87 bits per heavy atom. The van der Waals surface area contributed by atoms with Crippen LogP contribution in [-0.4, -0.2) is 48.2 Å². The molecule has 1 aliphatic carbocycles. The number of hydrogen-bond acceptors (Lipinski definition) is 8. The Hall–Kier alpha value is -3.34. The van der Waals surface area contributed by atoms with E-state index in [0.29, 0.717) is 16.1 Å². The first kappa shape index (κ1) is 25.9. The van der Waals surface area contributed by atoms with Crippen molar-refractivity contribution in [1.29, 1.82) is 0 Å². The van der Waals surface area contributed by atoms with Gasteiger partial charge in [0.25, 0.3) is 5.56 Å². The van der Waals surface area contributed by atoms with Gasteiger partial charge in [-0.1, -0.05) is 18.1 Å². The second-order valence-electron chi connectivity index (χ2n) is 10.8. The van der Waals surface area contributed by atoms with Gasteiger partial charge in [-0.2, -0.15) is 10.2 Å². The van der Waals surface area contributed by atoms with Gasteiger partial charge in [0.15, 0.2) is 5.82 Å². The molecule has 1 saturated carbocycles. The normalized spacial score (nSPS) is 16.8. The van der Waals surface area contributed by atoms with E-state index in [2.05, 4.69) is 76.0 Å². The number of fused-ring (bicyclic) bond motifs is 1. The quantitative estimate of drug-likeness (QED) is 0.277. The van der Waals surface area contributed by atoms with Crippen molar-refractivity contribution in [2.45, 2.75) is 70.8 Å². The molecule has 1 aromatic carbocycles. The highest BCUT2D eigenvalue weighted by molar-refractivity contribution is 9.10. The van der Waals surface area contributed by atoms with Gasteiger partial charge in [0.2, 0.25) is 5.95 Å². The number of anilines is 3. The zero-order valence-electron chi connectivity index (χ0n) is 22.2. The van der Waals surface area contributed by atoms with Crippen molar-refractivity contribution in [3.8, 4) is 0 Å². The number of pyridine rings is 1. The lowest BCUT2D eigenvalue weighted by Gasteiger charge is -2.33. The van der Waals surface area contributed by atoms with E-state index in [4.69, 9.17) is 4.98 Å². The van der Waals surface area contributed by atoms with E-state index in [-0.39, 0.29) is 11.6 Å². The number of piperidine rings is 1. The summed E-state index contributed by atoms with van der Waals surface area (Å²) in [5.41, 5.74) is 3.76. The van der Waals surface area contributed by atoms with Gasteiger partial charge >= 0.3 is 0 Å². The number of aromatic nitrogens is 7. The average molecular weight is 593 g/mol. The number of halogens is 1. The fourth-order valence-corrected chi connectivity index (χ4v) is 6.47. The minimum Gasteiger partial charge on any atom is -0.372 e. The van der Waals surface area contributed by atoms with Crippen LogP contribution in [0.25, 0.3) is 11.0 Å². The molecule has 3 aromatic heterocycles. The van der Waals surface area contributed by atoms with Crippen LogP contribution in [0.2, 0.25) is 0 Å². The molecule has 0 radical (unpaired) electrons. The van der Waals surface area contributed by atoms with Crippen molar-refractivity contribution in [2.75, 3.05) is 23.3 Å². The fourth-order valence-electron chi connectivity index (χ4n) is 6.06. The minimum absolute atomic E-state index is 0.00310. The number of tetrazole rings is 1. The van der Waals surface area contributed by atoms with E-state index >= 15 is 0 Å². The van der Waals surface area contributed by atoms with Crippen LogP contribution < -0.4 is 15.8 Å². The molecule has 11 heteroatoms. The van der Waals surface area contributed by atoms with E-state index < -0.39 is 0 Å². The molecule has 0 spiro atoms. The van der Waals surface area contributed by atoms with Crippen LogP contribution in [0.5, 0.6) is 0 Å². The van der Waals surface area contributed by atoms with Gasteiger partial charge < -0.3 is 10.2 Å². The first-order valence-electron chi connectivity index (χ1n) is 14.0. The topological polar surface area (TPSA) is 118 Å². The Balaban J connectivity index is 1.11. The van der Waals surface area contributed by atoms with Crippen LogP contribution in [0.15, 0.2) is 39.7 Å². The number of benzene rings is 1. The van der Waals surface area contributed by atoms with Crippen molar-refractivity contribution >= 4 is 44.3 Å². The van der Waals surface area contributed by atoms with Crippen molar-refractivity contribution in [2.24, 2.45) is 5.92 Å². The maximum atomic E-state index is 13.2. The van der Waals surface area contributed by atoms with E-state index in [1.165, 1.54) is 24.9 Å². The van der Waals surface area contributed by atoms with Crippen LogP contribution in [0, 0.1) is 12.8 Å². The lowest BCUT2D eigenvalue weighted by atomic mass is 9.91. The molecule has 1 aliphatic heterocycles. The van der Waals surface area contributed by atoms with Gasteiger partial charge in [0.05, 0.1) is 4.47 Å². The molecule has 0 atom stereocenters. The van der Waals surface area contributed by atoms with Crippen molar-refractivity contribution < 1.29 is 0 Å². The predicted molar refractivity (Wildman–Crippen MR) is 156 cm³/mol. The number of aryl methyl sites for hydroxylation is 2. The van der Waals surface area contributed by atoms with Crippen molar-refractivity contribution in [3.63, 3.8) is 0 Å². The van der Waals surface area contributed by atoms with E-state index in [0.717, 1.165) is 80.0 Å². The van der Waals surface area contributed by atoms with Crippen LogP contribution in [0.3, 0.4) is 0 Å². The molecule has 1 saturated heterocycles. The van der Waals surface area contributed by atoms with Gasteiger partial charge in [-0.05, 0) is 97.1 Å². The molecule has 2 fully saturated rings. The number of hydrogen-bond donors (Lipinski definition) is 2. The fraction of sp³-hybridized carbons (Fsp3) is 0.500. The standard InChI is InChI=1S/C28H34BrN9O/c1-18-23-17-30-28(32-26(23)38(27(39)25(18)29)22-6-2-3-7-22)31-20-9-11-21(12-10-20)37-15-13-19(14-16-37)5-4-8-24-33-35-36-34-24/h9-12,17,19,22H,2-8,13-16H2,1H3,(H,30,31,32)(H,33,34,35,36). The van der Waals surface area contributed by atoms with E-state index in [1.807, 2.05) is 17.7 Å². The Bertz CT molecular complexity index is 1470. The summed E-state index contributed by atoms with van der Waals surface area (Å²) in [4.78, 5) is 25.1. The molecule has 4 aromatic rings. The third-order valence-corrected chi connectivity index (χ3v) is 9.27. The molecule has 4 heterocycles. The number of nitrogens with one attached hydrogen (secondary N) is 2. The maximum Gasteiger partial charge on any atom is 0.267 e. The Morgan fingerprint density at radius 1 is 1.10 bits per heavy atom. The lowest BCUT2D eigenvalue weighted by molar-refractivity contribution is 0.372.